The first kappa shape index (κ1) is 24.4. The highest BCUT2D eigenvalue weighted by molar-refractivity contribution is 5.95. The van der Waals surface area contributed by atoms with Gasteiger partial charge in [0.1, 0.15) is 11.5 Å². The molecule has 8 nitrogen and oxygen atoms in total. The number of ether oxygens (including phenoxy) is 3. The van der Waals surface area contributed by atoms with E-state index < -0.39 is 23.6 Å². The molecular formula is C25H33N3O5. The zero-order chi connectivity index (χ0) is 24.4. The molecule has 0 unspecified atom stereocenters. The zero-order valence-electron chi connectivity index (χ0n) is 20.4. The molecule has 0 radical (unpaired) electrons. The number of fused-ring (bicyclic) bond motifs is 1. The molecule has 1 aliphatic rings. The Kier molecular flexibility index (Phi) is 6.86. The van der Waals surface area contributed by atoms with E-state index in [0.717, 1.165) is 16.9 Å². The minimum Gasteiger partial charge on any atom is -0.492 e. The number of aromatic nitrogens is 1. The number of pyridine rings is 1. The van der Waals surface area contributed by atoms with Gasteiger partial charge >= 0.3 is 6.09 Å². The lowest BCUT2D eigenvalue weighted by Crippen LogP contribution is -2.44. The summed E-state index contributed by atoms with van der Waals surface area (Å²) in [7, 11) is 0. The molecule has 0 saturated carbocycles. The largest absolute Gasteiger partial charge is 0.492 e. The lowest BCUT2D eigenvalue weighted by Gasteiger charge is -2.22. The van der Waals surface area contributed by atoms with Crippen molar-refractivity contribution in [3.05, 3.63) is 41.6 Å². The minimum atomic E-state index is -0.916. The maximum absolute atomic E-state index is 12.6. The van der Waals surface area contributed by atoms with Crippen LogP contribution in [0.5, 0.6) is 17.4 Å². The van der Waals surface area contributed by atoms with Crippen molar-refractivity contribution in [3.63, 3.8) is 0 Å². The van der Waals surface area contributed by atoms with E-state index >= 15 is 0 Å². The van der Waals surface area contributed by atoms with Gasteiger partial charge in [0.05, 0.1) is 18.5 Å². The summed E-state index contributed by atoms with van der Waals surface area (Å²) < 4.78 is 17.2. The van der Waals surface area contributed by atoms with Crippen LogP contribution in [-0.4, -0.2) is 35.2 Å². The van der Waals surface area contributed by atoms with Crippen LogP contribution in [0.2, 0.25) is 0 Å². The quantitative estimate of drug-likeness (QED) is 0.629. The van der Waals surface area contributed by atoms with Crippen LogP contribution in [0.25, 0.3) is 0 Å². The summed E-state index contributed by atoms with van der Waals surface area (Å²) in [6, 6.07) is 7.26. The van der Waals surface area contributed by atoms with Crippen molar-refractivity contribution in [1.29, 1.82) is 0 Å². The van der Waals surface area contributed by atoms with Gasteiger partial charge in [0.2, 0.25) is 5.88 Å². The molecule has 33 heavy (non-hydrogen) atoms. The van der Waals surface area contributed by atoms with Gasteiger partial charge in [-0.2, -0.15) is 0 Å². The molecule has 1 aromatic carbocycles. The van der Waals surface area contributed by atoms with Crippen molar-refractivity contribution in [2.75, 3.05) is 11.9 Å². The van der Waals surface area contributed by atoms with Crippen LogP contribution in [0.15, 0.2) is 30.5 Å². The van der Waals surface area contributed by atoms with Crippen molar-refractivity contribution in [2.24, 2.45) is 0 Å². The average molecular weight is 456 g/mol. The number of nitrogens with zero attached hydrogens (tertiary/aromatic N) is 1. The third kappa shape index (κ3) is 5.94. The van der Waals surface area contributed by atoms with E-state index in [2.05, 4.69) is 29.5 Å². The van der Waals surface area contributed by atoms with Gasteiger partial charge in [0, 0.05) is 22.6 Å². The van der Waals surface area contributed by atoms with Crippen LogP contribution >= 0.6 is 0 Å². The summed E-state index contributed by atoms with van der Waals surface area (Å²) in [5, 5.41) is 5.41. The molecule has 1 atom stereocenters. The van der Waals surface area contributed by atoms with Gasteiger partial charge in [-0.15, -0.1) is 0 Å². The summed E-state index contributed by atoms with van der Waals surface area (Å²) in [5.41, 5.74) is 1.95. The van der Waals surface area contributed by atoms with Gasteiger partial charge in [-0.05, 0) is 51.8 Å². The topological polar surface area (TPSA) is 98.8 Å². The molecule has 1 aliphatic heterocycles. The highest BCUT2D eigenvalue weighted by Gasteiger charge is 2.36. The number of aryl methyl sites for hydroxylation is 1. The van der Waals surface area contributed by atoms with E-state index in [0.29, 0.717) is 30.3 Å². The Morgan fingerprint density at radius 1 is 1.21 bits per heavy atom. The van der Waals surface area contributed by atoms with Gasteiger partial charge in [0.15, 0.2) is 6.10 Å². The number of rotatable bonds is 6. The Bertz CT molecular complexity index is 1030. The lowest BCUT2D eigenvalue weighted by molar-refractivity contribution is -0.124. The highest BCUT2D eigenvalue weighted by atomic mass is 16.6. The molecule has 0 aliphatic carbocycles. The summed E-state index contributed by atoms with van der Waals surface area (Å²) in [6.07, 6.45) is 0.296. The molecule has 0 spiro atoms. The summed E-state index contributed by atoms with van der Waals surface area (Å²) in [6.45, 7) is 14.1. The molecule has 3 rings (SSSR count). The van der Waals surface area contributed by atoms with Crippen LogP contribution in [0, 0.1) is 6.92 Å². The van der Waals surface area contributed by atoms with E-state index in [1.807, 2.05) is 39.8 Å². The fourth-order valence-electron chi connectivity index (χ4n) is 3.54. The number of nitrogens with one attached hydrogen (secondary N) is 2. The fourth-order valence-corrected chi connectivity index (χ4v) is 3.54. The highest BCUT2D eigenvalue weighted by Crippen LogP contribution is 2.47. The van der Waals surface area contributed by atoms with Crippen LogP contribution in [0.1, 0.15) is 59.1 Å². The second-order valence-corrected chi connectivity index (χ2v) is 9.91. The lowest BCUT2D eigenvalue weighted by atomic mass is 9.85. The number of alkyl carbamates (subject to hydrolysis) is 1. The molecule has 8 heteroatoms. The molecule has 2 heterocycles. The number of carbonyl (C=O) groups excluding carboxylic acids is 2. The predicted molar refractivity (Wildman–Crippen MR) is 126 cm³/mol. The molecule has 0 bridgehead atoms. The molecular weight excluding hydrogens is 422 g/mol. The number of hydrogen-bond acceptors (Lipinski definition) is 6. The molecule has 2 aromatic rings. The third-order valence-electron chi connectivity index (χ3n) is 5.18. The van der Waals surface area contributed by atoms with Gasteiger partial charge < -0.3 is 24.8 Å². The smallest absolute Gasteiger partial charge is 0.408 e. The SMILES string of the molecule is CC[C@@H](OC(=O)NC(C)(C)C)C(=O)Nc1ccc(Oc2ccc(C)c3c2C(C)(C)CO3)nc1. The Labute approximate surface area is 195 Å². The standard InChI is InChI=1S/C25H33N3O5/c1-8-17(33-23(30)28-24(3,4)5)22(29)27-16-10-12-19(26-13-16)32-18-11-9-15(2)21-20(18)25(6,7)14-31-21/h9-13,17H,8,14H2,1-7H3,(H,27,29)(H,28,30)/t17-/m1/s1. The Balaban J connectivity index is 1.66. The van der Waals surface area contributed by atoms with E-state index in [4.69, 9.17) is 14.2 Å². The number of anilines is 1. The average Bonchev–Trinajstić information content (AvgIpc) is 3.04. The van der Waals surface area contributed by atoms with Gasteiger partial charge in [-0.1, -0.05) is 26.8 Å². The molecule has 1 aromatic heterocycles. The maximum Gasteiger partial charge on any atom is 0.408 e. The van der Waals surface area contributed by atoms with Crippen molar-refractivity contribution in [3.8, 4) is 17.4 Å². The minimum absolute atomic E-state index is 0.168. The first-order chi connectivity index (χ1) is 15.4. The molecule has 0 saturated heterocycles. The summed E-state index contributed by atoms with van der Waals surface area (Å²) in [5.74, 6) is 1.54. The van der Waals surface area contributed by atoms with Crippen molar-refractivity contribution in [1.82, 2.24) is 10.3 Å². The second kappa shape index (κ2) is 9.29. The van der Waals surface area contributed by atoms with E-state index in [1.165, 1.54) is 6.20 Å². The molecule has 0 fully saturated rings. The number of benzene rings is 1. The number of amides is 2. The van der Waals surface area contributed by atoms with Crippen LogP contribution in [0.3, 0.4) is 0 Å². The first-order valence-electron chi connectivity index (χ1n) is 11.1. The number of hydrogen-bond donors (Lipinski definition) is 2. The van der Waals surface area contributed by atoms with Gasteiger partial charge in [-0.25, -0.2) is 9.78 Å². The summed E-state index contributed by atoms with van der Waals surface area (Å²) >= 11 is 0. The Morgan fingerprint density at radius 2 is 1.94 bits per heavy atom. The molecule has 178 valence electrons. The Morgan fingerprint density at radius 3 is 2.55 bits per heavy atom. The normalized spacial score (nSPS) is 15.1. The van der Waals surface area contributed by atoms with Crippen molar-refractivity contribution >= 4 is 17.7 Å². The molecule has 2 N–H and O–H groups in total. The number of carbonyl (C=O) groups is 2. The monoisotopic (exact) mass is 455 g/mol. The van der Waals surface area contributed by atoms with Crippen LogP contribution < -0.4 is 20.1 Å². The van der Waals surface area contributed by atoms with E-state index in [1.54, 1.807) is 19.1 Å². The zero-order valence-corrected chi connectivity index (χ0v) is 20.4. The second-order valence-electron chi connectivity index (χ2n) is 9.91. The van der Waals surface area contributed by atoms with Crippen LogP contribution in [0.4, 0.5) is 10.5 Å². The van der Waals surface area contributed by atoms with E-state index in [-0.39, 0.29) is 5.41 Å². The van der Waals surface area contributed by atoms with Gasteiger partial charge in [0.25, 0.3) is 5.91 Å². The first-order valence-corrected chi connectivity index (χ1v) is 11.1. The molecule has 2 amide bonds. The maximum atomic E-state index is 12.6. The third-order valence-corrected chi connectivity index (χ3v) is 5.18. The van der Waals surface area contributed by atoms with Crippen molar-refractivity contribution < 1.29 is 23.8 Å². The predicted octanol–water partition coefficient (Wildman–Crippen LogP) is 5.09. The summed E-state index contributed by atoms with van der Waals surface area (Å²) in [4.78, 5) is 28.9. The van der Waals surface area contributed by atoms with Crippen LogP contribution in [-0.2, 0) is 14.9 Å². The van der Waals surface area contributed by atoms with Crippen molar-refractivity contribution in [2.45, 2.75) is 71.9 Å². The van der Waals surface area contributed by atoms with Gasteiger partial charge in [-0.3, -0.25) is 4.79 Å². The Hall–Kier alpha value is -3.29. The van der Waals surface area contributed by atoms with E-state index in [9.17, 15) is 9.59 Å². The fraction of sp³-hybridized carbons (Fsp3) is 0.480.